The van der Waals surface area contributed by atoms with Gasteiger partial charge in [-0.25, -0.2) is 4.39 Å². The second-order valence-corrected chi connectivity index (χ2v) is 6.58. The molecule has 4 aromatic rings. The summed E-state index contributed by atoms with van der Waals surface area (Å²) in [6.45, 7) is 1.67. The molecule has 29 heavy (non-hydrogen) atoms. The second-order valence-electron chi connectivity index (χ2n) is 6.58. The molecule has 1 aromatic heterocycles. The van der Waals surface area contributed by atoms with E-state index in [1.54, 1.807) is 13.0 Å². The van der Waals surface area contributed by atoms with Crippen LogP contribution in [-0.4, -0.2) is 26.1 Å². The standard InChI is InChI=1S/C22H18FN5O/c1-15-25-26-27-28(15)21-14-18(11-12-20(21)23)24-22(29)19-10-6-5-9-17(19)13-16-7-3-2-4-8-16/h2-12,14H,13H2,1H3,(H,24,29). The van der Waals surface area contributed by atoms with E-state index >= 15 is 0 Å². The van der Waals surface area contributed by atoms with Crippen LogP contribution in [0.25, 0.3) is 5.69 Å². The van der Waals surface area contributed by atoms with Crippen molar-refractivity contribution in [1.82, 2.24) is 20.2 Å². The molecule has 0 aliphatic carbocycles. The average molecular weight is 387 g/mol. The first-order valence-corrected chi connectivity index (χ1v) is 9.10. The van der Waals surface area contributed by atoms with Gasteiger partial charge in [-0.3, -0.25) is 4.79 Å². The molecule has 0 unspecified atom stereocenters. The molecule has 0 spiro atoms. The maximum Gasteiger partial charge on any atom is 0.255 e. The number of carbonyl (C=O) groups excluding carboxylic acids is 1. The van der Waals surface area contributed by atoms with Gasteiger partial charge >= 0.3 is 0 Å². The Bertz CT molecular complexity index is 1160. The van der Waals surface area contributed by atoms with E-state index in [1.165, 1.54) is 22.9 Å². The van der Waals surface area contributed by atoms with Gasteiger partial charge in [-0.2, -0.15) is 4.68 Å². The molecule has 0 fully saturated rings. The Hall–Kier alpha value is -3.87. The maximum absolute atomic E-state index is 14.3. The van der Waals surface area contributed by atoms with Crippen LogP contribution < -0.4 is 5.32 Å². The molecular weight excluding hydrogens is 369 g/mol. The van der Waals surface area contributed by atoms with Crippen molar-refractivity contribution in [3.8, 4) is 5.69 Å². The molecule has 0 radical (unpaired) electrons. The Kier molecular flexibility index (Phi) is 5.11. The summed E-state index contributed by atoms with van der Waals surface area (Å²) in [5.74, 6) is -0.300. The molecule has 1 N–H and O–H groups in total. The number of nitrogens with one attached hydrogen (secondary N) is 1. The summed E-state index contributed by atoms with van der Waals surface area (Å²) < 4.78 is 15.5. The number of halogens is 1. The van der Waals surface area contributed by atoms with Crippen LogP contribution in [0.5, 0.6) is 0 Å². The molecular formula is C22H18FN5O. The molecule has 7 heteroatoms. The lowest BCUT2D eigenvalue weighted by atomic mass is 9.99. The number of anilines is 1. The second kappa shape index (κ2) is 8.02. The molecule has 1 heterocycles. The summed E-state index contributed by atoms with van der Waals surface area (Å²) in [6, 6.07) is 21.7. The molecule has 0 aliphatic heterocycles. The fourth-order valence-corrected chi connectivity index (χ4v) is 3.12. The minimum atomic E-state index is -0.483. The third kappa shape index (κ3) is 4.03. The van der Waals surface area contributed by atoms with Crippen molar-refractivity contribution in [2.24, 2.45) is 0 Å². The Morgan fingerprint density at radius 2 is 1.79 bits per heavy atom. The summed E-state index contributed by atoms with van der Waals surface area (Å²) in [4.78, 5) is 12.9. The number of hydrogen-bond acceptors (Lipinski definition) is 4. The number of benzene rings is 3. The number of aromatic nitrogens is 4. The van der Waals surface area contributed by atoms with Crippen LogP contribution in [0.1, 0.15) is 27.3 Å². The first kappa shape index (κ1) is 18.5. The zero-order valence-electron chi connectivity index (χ0n) is 15.7. The van der Waals surface area contributed by atoms with Gasteiger partial charge in [0.1, 0.15) is 11.5 Å². The van der Waals surface area contributed by atoms with Crippen molar-refractivity contribution in [2.75, 3.05) is 5.32 Å². The van der Waals surface area contributed by atoms with E-state index in [1.807, 2.05) is 48.5 Å². The average Bonchev–Trinajstić information content (AvgIpc) is 3.16. The van der Waals surface area contributed by atoms with E-state index in [2.05, 4.69) is 20.8 Å². The summed E-state index contributed by atoms with van der Waals surface area (Å²) in [6.07, 6.45) is 0.642. The molecule has 3 aromatic carbocycles. The van der Waals surface area contributed by atoms with E-state index in [0.717, 1.165) is 11.1 Å². The van der Waals surface area contributed by atoms with Crippen LogP contribution in [0, 0.1) is 12.7 Å². The molecule has 4 rings (SSSR count). The maximum atomic E-state index is 14.3. The van der Waals surface area contributed by atoms with Crippen LogP contribution in [0.3, 0.4) is 0 Å². The predicted molar refractivity (Wildman–Crippen MR) is 107 cm³/mol. The van der Waals surface area contributed by atoms with Gasteiger partial charge < -0.3 is 5.32 Å². The third-order valence-electron chi connectivity index (χ3n) is 4.56. The number of nitrogens with zero attached hydrogens (tertiary/aromatic N) is 4. The topological polar surface area (TPSA) is 72.7 Å². The first-order chi connectivity index (χ1) is 14.1. The summed E-state index contributed by atoms with van der Waals surface area (Å²) in [7, 11) is 0. The minimum Gasteiger partial charge on any atom is -0.322 e. The number of aryl methyl sites for hydroxylation is 1. The Labute approximate surface area is 167 Å². The Morgan fingerprint density at radius 1 is 1.03 bits per heavy atom. The SMILES string of the molecule is Cc1nnnn1-c1cc(NC(=O)c2ccccc2Cc2ccccc2)ccc1F. The Morgan fingerprint density at radius 3 is 2.55 bits per heavy atom. The Balaban J connectivity index is 1.60. The minimum absolute atomic E-state index is 0.169. The predicted octanol–water partition coefficient (Wildman–Crippen LogP) is 3.95. The van der Waals surface area contributed by atoms with Gasteiger partial charge in [-0.05, 0) is 59.2 Å². The van der Waals surface area contributed by atoms with Gasteiger partial charge in [0.15, 0.2) is 5.82 Å². The monoisotopic (exact) mass is 387 g/mol. The number of carbonyl (C=O) groups is 1. The van der Waals surface area contributed by atoms with E-state index in [-0.39, 0.29) is 11.6 Å². The highest BCUT2D eigenvalue weighted by molar-refractivity contribution is 6.05. The third-order valence-corrected chi connectivity index (χ3v) is 4.56. The number of tetrazole rings is 1. The lowest BCUT2D eigenvalue weighted by Crippen LogP contribution is -2.15. The van der Waals surface area contributed by atoms with Crippen molar-refractivity contribution in [3.05, 3.63) is 101 Å². The molecule has 6 nitrogen and oxygen atoms in total. The number of rotatable bonds is 5. The van der Waals surface area contributed by atoms with Crippen molar-refractivity contribution in [3.63, 3.8) is 0 Å². The lowest BCUT2D eigenvalue weighted by Gasteiger charge is -2.12. The highest BCUT2D eigenvalue weighted by Gasteiger charge is 2.14. The van der Waals surface area contributed by atoms with Crippen LogP contribution in [-0.2, 0) is 6.42 Å². The van der Waals surface area contributed by atoms with E-state index in [4.69, 9.17) is 0 Å². The molecule has 144 valence electrons. The van der Waals surface area contributed by atoms with Crippen molar-refractivity contribution >= 4 is 11.6 Å². The zero-order chi connectivity index (χ0) is 20.2. The van der Waals surface area contributed by atoms with Crippen LogP contribution in [0.2, 0.25) is 0 Å². The van der Waals surface area contributed by atoms with Crippen molar-refractivity contribution < 1.29 is 9.18 Å². The van der Waals surface area contributed by atoms with E-state index in [9.17, 15) is 9.18 Å². The zero-order valence-corrected chi connectivity index (χ0v) is 15.7. The number of amides is 1. The summed E-state index contributed by atoms with van der Waals surface area (Å²) >= 11 is 0. The van der Waals surface area contributed by atoms with E-state index < -0.39 is 5.82 Å². The van der Waals surface area contributed by atoms with Gasteiger partial charge in [0.25, 0.3) is 5.91 Å². The molecule has 0 bridgehead atoms. The largest absolute Gasteiger partial charge is 0.322 e. The fourth-order valence-electron chi connectivity index (χ4n) is 3.12. The quantitative estimate of drug-likeness (QED) is 0.563. The fraction of sp³-hybridized carbons (Fsp3) is 0.0909. The molecule has 0 saturated carbocycles. The highest BCUT2D eigenvalue weighted by atomic mass is 19.1. The van der Waals surface area contributed by atoms with E-state index in [0.29, 0.717) is 23.5 Å². The lowest BCUT2D eigenvalue weighted by molar-refractivity contribution is 0.102. The van der Waals surface area contributed by atoms with Crippen molar-refractivity contribution in [1.29, 1.82) is 0 Å². The van der Waals surface area contributed by atoms with Gasteiger partial charge in [0, 0.05) is 11.3 Å². The first-order valence-electron chi connectivity index (χ1n) is 9.10. The van der Waals surface area contributed by atoms with Gasteiger partial charge in [0.05, 0.1) is 0 Å². The van der Waals surface area contributed by atoms with Crippen LogP contribution >= 0.6 is 0 Å². The summed E-state index contributed by atoms with van der Waals surface area (Å²) in [5.41, 5.74) is 3.22. The van der Waals surface area contributed by atoms with Crippen LogP contribution in [0.4, 0.5) is 10.1 Å². The van der Waals surface area contributed by atoms with Gasteiger partial charge in [0.2, 0.25) is 0 Å². The molecule has 1 amide bonds. The smallest absolute Gasteiger partial charge is 0.255 e. The van der Waals surface area contributed by atoms with Crippen LogP contribution in [0.15, 0.2) is 72.8 Å². The molecule has 0 saturated heterocycles. The summed E-state index contributed by atoms with van der Waals surface area (Å²) in [5, 5.41) is 13.9. The van der Waals surface area contributed by atoms with Gasteiger partial charge in [-0.15, -0.1) is 5.10 Å². The highest BCUT2D eigenvalue weighted by Crippen LogP contribution is 2.21. The normalized spacial score (nSPS) is 10.7. The number of hydrogen-bond donors (Lipinski definition) is 1. The molecule has 0 aliphatic rings. The van der Waals surface area contributed by atoms with Gasteiger partial charge in [-0.1, -0.05) is 48.5 Å². The van der Waals surface area contributed by atoms with Crippen molar-refractivity contribution in [2.45, 2.75) is 13.3 Å². The molecule has 0 atom stereocenters.